The number of nitrogens with two attached hydrogens (primary N) is 1. The van der Waals surface area contributed by atoms with Crippen LogP contribution in [0.4, 0.5) is 5.69 Å². The molecule has 1 aliphatic rings. The Bertz CT molecular complexity index is 941. The Balaban J connectivity index is 1.47. The highest BCUT2D eigenvalue weighted by molar-refractivity contribution is 5.95. The van der Waals surface area contributed by atoms with Crippen LogP contribution >= 0.6 is 0 Å². The van der Waals surface area contributed by atoms with Crippen molar-refractivity contribution in [3.63, 3.8) is 0 Å². The Morgan fingerprint density at radius 3 is 2.59 bits per heavy atom. The Kier molecular flexibility index (Phi) is 4.77. The molecule has 0 bridgehead atoms. The highest BCUT2D eigenvalue weighted by atomic mass is 16.2. The van der Waals surface area contributed by atoms with E-state index in [4.69, 9.17) is 5.73 Å². The summed E-state index contributed by atoms with van der Waals surface area (Å²) in [6, 6.07) is 14.8. The zero-order chi connectivity index (χ0) is 18.8. The van der Waals surface area contributed by atoms with Gasteiger partial charge in [0.05, 0.1) is 0 Å². The zero-order valence-electron chi connectivity index (χ0n) is 15.5. The van der Waals surface area contributed by atoms with Gasteiger partial charge in [-0.2, -0.15) is 0 Å². The highest BCUT2D eigenvalue weighted by Gasteiger charge is 2.17. The third-order valence-corrected chi connectivity index (χ3v) is 5.13. The predicted octanol–water partition coefficient (Wildman–Crippen LogP) is 3.83. The molecule has 5 nitrogen and oxygen atoms in total. The number of fused-ring (bicyclic) bond motifs is 1. The lowest BCUT2D eigenvalue weighted by Crippen LogP contribution is -2.27. The molecule has 2 heterocycles. The van der Waals surface area contributed by atoms with Gasteiger partial charge in [-0.05, 0) is 56.0 Å². The number of amides is 1. The number of nitrogens with one attached hydrogen (secondary N) is 1. The highest BCUT2D eigenvalue weighted by Crippen LogP contribution is 2.26. The minimum Gasteiger partial charge on any atom is -0.328 e. The van der Waals surface area contributed by atoms with Gasteiger partial charge in [0.25, 0.3) is 0 Å². The van der Waals surface area contributed by atoms with Gasteiger partial charge in [-0.3, -0.25) is 4.79 Å². The summed E-state index contributed by atoms with van der Waals surface area (Å²) in [6.07, 6.45) is 5.50. The van der Waals surface area contributed by atoms with Crippen molar-refractivity contribution in [2.24, 2.45) is 5.73 Å². The number of carbonyl (C=O) groups is 1. The van der Waals surface area contributed by atoms with E-state index in [1.165, 1.54) is 18.5 Å². The lowest BCUT2D eigenvalue weighted by molar-refractivity contribution is -0.117. The van der Waals surface area contributed by atoms with Crippen LogP contribution in [0.2, 0.25) is 0 Å². The lowest BCUT2D eigenvalue weighted by Gasteiger charge is -2.17. The van der Waals surface area contributed by atoms with Crippen LogP contribution in [0.15, 0.2) is 54.7 Å². The van der Waals surface area contributed by atoms with E-state index in [9.17, 15) is 4.79 Å². The second-order valence-electron chi connectivity index (χ2n) is 7.14. The average molecular weight is 360 g/mol. The number of rotatable bonds is 4. The first-order valence-electron chi connectivity index (χ1n) is 9.40. The fraction of sp³-hybridized carbons (Fsp3) is 0.273. The van der Waals surface area contributed by atoms with Crippen LogP contribution in [0.25, 0.3) is 11.4 Å². The summed E-state index contributed by atoms with van der Waals surface area (Å²) >= 11 is 0. The third kappa shape index (κ3) is 3.64. The molecule has 3 aromatic rings. The fourth-order valence-corrected chi connectivity index (χ4v) is 3.51. The molecule has 1 amide bonds. The summed E-state index contributed by atoms with van der Waals surface area (Å²) in [4.78, 5) is 17.0. The van der Waals surface area contributed by atoms with Crippen LogP contribution in [0.3, 0.4) is 0 Å². The van der Waals surface area contributed by atoms with Crippen molar-refractivity contribution in [3.8, 4) is 11.4 Å². The quantitative estimate of drug-likeness (QED) is 0.742. The van der Waals surface area contributed by atoms with E-state index in [0.29, 0.717) is 0 Å². The van der Waals surface area contributed by atoms with Gasteiger partial charge in [0, 0.05) is 29.7 Å². The van der Waals surface area contributed by atoms with Crippen LogP contribution in [0.1, 0.15) is 35.7 Å². The van der Waals surface area contributed by atoms with Crippen molar-refractivity contribution in [2.75, 3.05) is 5.32 Å². The Morgan fingerprint density at radius 2 is 1.85 bits per heavy atom. The SMILES string of the molecule is Cc1ccc(C(N)C(=O)Nc2ccc(-c3ncc4n3CCCC4)cc2)cc1. The molecule has 0 saturated heterocycles. The minimum atomic E-state index is -0.690. The van der Waals surface area contributed by atoms with Gasteiger partial charge in [-0.15, -0.1) is 0 Å². The minimum absolute atomic E-state index is 0.218. The first-order chi connectivity index (χ1) is 13.1. The van der Waals surface area contributed by atoms with Crippen LogP contribution in [-0.2, 0) is 17.8 Å². The summed E-state index contributed by atoms with van der Waals surface area (Å²) in [5.41, 5.74) is 11.1. The van der Waals surface area contributed by atoms with Crippen LogP contribution in [-0.4, -0.2) is 15.5 Å². The van der Waals surface area contributed by atoms with Crippen molar-refractivity contribution >= 4 is 11.6 Å². The molecule has 0 spiro atoms. The van der Waals surface area contributed by atoms with Gasteiger partial charge in [0.1, 0.15) is 11.9 Å². The Hall–Kier alpha value is -2.92. The van der Waals surface area contributed by atoms with E-state index in [0.717, 1.165) is 41.2 Å². The van der Waals surface area contributed by atoms with Gasteiger partial charge in [-0.1, -0.05) is 29.8 Å². The van der Waals surface area contributed by atoms with Gasteiger partial charge in [0.15, 0.2) is 0 Å². The van der Waals surface area contributed by atoms with Crippen molar-refractivity contribution in [2.45, 2.75) is 38.8 Å². The van der Waals surface area contributed by atoms with Gasteiger partial charge in [-0.25, -0.2) is 4.98 Å². The second kappa shape index (κ2) is 7.37. The van der Waals surface area contributed by atoms with Gasteiger partial charge < -0.3 is 15.6 Å². The van der Waals surface area contributed by atoms with Crippen LogP contribution < -0.4 is 11.1 Å². The predicted molar refractivity (Wildman–Crippen MR) is 107 cm³/mol. The van der Waals surface area contributed by atoms with E-state index in [1.807, 2.05) is 61.7 Å². The molecule has 27 heavy (non-hydrogen) atoms. The van der Waals surface area contributed by atoms with E-state index in [2.05, 4.69) is 14.9 Å². The van der Waals surface area contributed by atoms with Crippen molar-refractivity contribution in [1.82, 2.24) is 9.55 Å². The number of nitrogens with zero attached hydrogens (tertiary/aromatic N) is 2. The lowest BCUT2D eigenvalue weighted by atomic mass is 10.1. The number of hydrogen-bond acceptors (Lipinski definition) is 3. The molecule has 138 valence electrons. The van der Waals surface area contributed by atoms with Crippen molar-refractivity contribution in [3.05, 3.63) is 71.5 Å². The largest absolute Gasteiger partial charge is 0.328 e. The molecule has 2 aromatic carbocycles. The maximum Gasteiger partial charge on any atom is 0.245 e. The number of aromatic nitrogens is 2. The Labute approximate surface area is 159 Å². The molecular weight excluding hydrogens is 336 g/mol. The molecule has 3 N–H and O–H groups in total. The maximum absolute atomic E-state index is 12.5. The molecule has 1 atom stereocenters. The van der Waals surface area contributed by atoms with E-state index in [1.54, 1.807) is 0 Å². The number of imidazole rings is 1. The number of carbonyl (C=O) groups excluding carboxylic acids is 1. The molecule has 0 fully saturated rings. The maximum atomic E-state index is 12.5. The summed E-state index contributed by atoms with van der Waals surface area (Å²) in [5, 5.41) is 2.90. The van der Waals surface area contributed by atoms with Gasteiger partial charge in [0.2, 0.25) is 5.91 Å². The standard InChI is InChI=1S/C22H24N4O/c1-15-5-7-16(8-6-15)20(23)22(27)25-18-11-9-17(10-12-18)21-24-14-19-4-2-3-13-26(19)21/h5-12,14,20H,2-4,13,23H2,1H3,(H,25,27). The molecule has 0 aliphatic carbocycles. The second-order valence-corrected chi connectivity index (χ2v) is 7.14. The van der Waals surface area contributed by atoms with Crippen molar-refractivity contribution < 1.29 is 4.79 Å². The van der Waals surface area contributed by atoms with E-state index in [-0.39, 0.29) is 5.91 Å². The average Bonchev–Trinajstić information content (AvgIpc) is 3.13. The molecule has 1 aromatic heterocycles. The monoisotopic (exact) mass is 360 g/mol. The zero-order valence-corrected chi connectivity index (χ0v) is 15.5. The van der Waals surface area contributed by atoms with Crippen molar-refractivity contribution in [1.29, 1.82) is 0 Å². The normalized spacial score (nSPS) is 14.4. The van der Waals surface area contributed by atoms with E-state index >= 15 is 0 Å². The first kappa shape index (κ1) is 17.5. The fourth-order valence-electron chi connectivity index (χ4n) is 3.51. The molecule has 0 radical (unpaired) electrons. The smallest absolute Gasteiger partial charge is 0.245 e. The van der Waals surface area contributed by atoms with Crippen LogP contribution in [0.5, 0.6) is 0 Å². The number of aryl methyl sites for hydroxylation is 2. The van der Waals surface area contributed by atoms with E-state index < -0.39 is 6.04 Å². The summed E-state index contributed by atoms with van der Waals surface area (Å²) in [6.45, 7) is 3.03. The molecular formula is C22H24N4O. The first-order valence-corrected chi connectivity index (χ1v) is 9.40. The summed E-state index contributed by atoms with van der Waals surface area (Å²) in [7, 11) is 0. The molecule has 0 saturated carbocycles. The molecule has 1 aliphatic heterocycles. The van der Waals surface area contributed by atoms with Crippen LogP contribution in [0, 0.1) is 6.92 Å². The summed E-state index contributed by atoms with van der Waals surface area (Å²) in [5.74, 6) is 0.781. The molecule has 4 rings (SSSR count). The van der Waals surface area contributed by atoms with Gasteiger partial charge >= 0.3 is 0 Å². The Morgan fingerprint density at radius 1 is 1.11 bits per heavy atom. The summed E-state index contributed by atoms with van der Waals surface area (Å²) < 4.78 is 2.30. The number of anilines is 1. The molecule has 5 heteroatoms. The molecule has 1 unspecified atom stereocenters. The number of hydrogen-bond donors (Lipinski definition) is 2. The topological polar surface area (TPSA) is 72.9 Å². The third-order valence-electron chi connectivity index (χ3n) is 5.13. The number of benzene rings is 2.